The summed E-state index contributed by atoms with van der Waals surface area (Å²) in [6.45, 7) is 5.17. The Kier molecular flexibility index (Phi) is 6.22. The lowest BCUT2D eigenvalue weighted by molar-refractivity contribution is 0.186. The highest BCUT2D eigenvalue weighted by atomic mass is 16.3. The standard InChI is InChI=1S/C14H22N2O2/c1-3-16(4-2)14(18)15-13(11-17)10-12-8-6-5-7-9-12/h5-9,13,17H,3-4,10-11H2,1-2H3,(H,15,18)/t13-/m1/s1. The van der Waals surface area contributed by atoms with Crippen molar-refractivity contribution in [3.05, 3.63) is 35.9 Å². The van der Waals surface area contributed by atoms with Crippen molar-refractivity contribution in [1.82, 2.24) is 10.2 Å². The molecule has 2 amide bonds. The molecular weight excluding hydrogens is 228 g/mol. The summed E-state index contributed by atoms with van der Waals surface area (Å²) in [7, 11) is 0. The van der Waals surface area contributed by atoms with Crippen molar-refractivity contribution in [3.63, 3.8) is 0 Å². The van der Waals surface area contributed by atoms with Gasteiger partial charge in [-0.15, -0.1) is 0 Å². The molecule has 1 aromatic rings. The van der Waals surface area contributed by atoms with Crippen LogP contribution in [0.3, 0.4) is 0 Å². The van der Waals surface area contributed by atoms with Gasteiger partial charge < -0.3 is 15.3 Å². The Morgan fingerprint density at radius 1 is 1.28 bits per heavy atom. The molecule has 0 bridgehead atoms. The molecule has 0 aliphatic rings. The van der Waals surface area contributed by atoms with E-state index in [9.17, 15) is 9.90 Å². The highest BCUT2D eigenvalue weighted by molar-refractivity contribution is 5.74. The van der Waals surface area contributed by atoms with Crippen LogP contribution in [0.1, 0.15) is 19.4 Å². The Labute approximate surface area is 109 Å². The third kappa shape index (κ3) is 4.37. The molecule has 4 heteroatoms. The highest BCUT2D eigenvalue weighted by Crippen LogP contribution is 2.03. The molecule has 1 atom stereocenters. The Balaban J connectivity index is 2.54. The first-order chi connectivity index (χ1) is 8.71. The van der Waals surface area contributed by atoms with E-state index in [4.69, 9.17) is 0 Å². The van der Waals surface area contributed by atoms with Crippen molar-refractivity contribution in [2.75, 3.05) is 19.7 Å². The molecule has 2 N–H and O–H groups in total. The molecule has 0 aliphatic heterocycles. The molecule has 0 aliphatic carbocycles. The third-order valence-corrected chi connectivity index (χ3v) is 2.92. The molecule has 100 valence electrons. The van der Waals surface area contributed by atoms with Gasteiger partial charge in [-0.2, -0.15) is 0 Å². The minimum atomic E-state index is -0.236. The van der Waals surface area contributed by atoms with Gasteiger partial charge in [-0.3, -0.25) is 0 Å². The number of urea groups is 1. The van der Waals surface area contributed by atoms with Gasteiger partial charge >= 0.3 is 6.03 Å². The zero-order valence-corrected chi connectivity index (χ0v) is 11.1. The molecule has 18 heavy (non-hydrogen) atoms. The van der Waals surface area contributed by atoms with Crippen molar-refractivity contribution in [1.29, 1.82) is 0 Å². The van der Waals surface area contributed by atoms with Crippen LogP contribution in [0.15, 0.2) is 30.3 Å². The third-order valence-electron chi connectivity index (χ3n) is 2.92. The summed E-state index contributed by atoms with van der Waals surface area (Å²) in [6.07, 6.45) is 0.643. The zero-order valence-electron chi connectivity index (χ0n) is 11.1. The molecule has 0 radical (unpaired) electrons. The molecule has 0 fully saturated rings. The Morgan fingerprint density at radius 2 is 1.89 bits per heavy atom. The van der Waals surface area contributed by atoms with Gasteiger partial charge in [0.25, 0.3) is 0 Å². The minimum absolute atomic E-state index is 0.0537. The number of hydrogen-bond donors (Lipinski definition) is 2. The Morgan fingerprint density at radius 3 is 2.39 bits per heavy atom. The molecule has 1 aromatic carbocycles. The van der Waals surface area contributed by atoms with Gasteiger partial charge in [0.1, 0.15) is 0 Å². The van der Waals surface area contributed by atoms with Crippen molar-refractivity contribution in [3.8, 4) is 0 Å². The smallest absolute Gasteiger partial charge is 0.317 e. The van der Waals surface area contributed by atoms with Crippen molar-refractivity contribution in [2.24, 2.45) is 0 Å². The van der Waals surface area contributed by atoms with Crippen LogP contribution in [0, 0.1) is 0 Å². The number of carbonyl (C=O) groups excluding carboxylic acids is 1. The van der Waals surface area contributed by atoms with E-state index < -0.39 is 0 Å². The number of hydrogen-bond acceptors (Lipinski definition) is 2. The molecule has 0 spiro atoms. The fourth-order valence-electron chi connectivity index (χ4n) is 1.84. The molecule has 0 heterocycles. The number of aliphatic hydroxyl groups is 1. The normalized spacial score (nSPS) is 11.9. The van der Waals surface area contributed by atoms with E-state index in [0.717, 1.165) is 5.56 Å². The van der Waals surface area contributed by atoms with Crippen LogP contribution in [-0.4, -0.2) is 41.8 Å². The van der Waals surface area contributed by atoms with Gasteiger partial charge in [-0.1, -0.05) is 30.3 Å². The summed E-state index contributed by atoms with van der Waals surface area (Å²) in [5, 5.41) is 12.2. The van der Waals surface area contributed by atoms with Crippen LogP contribution in [0.5, 0.6) is 0 Å². The highest BCUT2D eigenvalue weighted by Gasteiger charge is 2.15. The summed E-state index contributed by atoms with van der Waals surface area (Å²) in [5.41, 5.74) is 1.11. The number of benzene rings is 1. The fraction of sp³-hybridized carbons (Fsp3) is 0.500. The predicted octanol–water partition coefficient (Wildman–Crippen LogP) is 1.64. The van der Waals surface area contributed by atoms with E-state index in [2.05, 4.69) is 5.32 Å². The van der Waals surface area contributed by atoms with E-state index in [-0.39, 0.29) is 18.7 Å². The second kappa shape index (κ2) is 7.71. The number of rotatable bonds is 6. The quantitative estimate of drug-likeness (QED) is 0.806. The number of aliphatic hydroxyl groups excluding tert-OH is 1. The first-order valence-corrected chi connectivity index (χ1v) is 6.41. The maximum Gasteiger partial charge on any atom is 0.317 e. The predicted molar refractivity (Wildman–Crippen MR) is 72.5 cm³/mol. The molecule has 4 nitrogen and oxygen atoms in total. The van der Waals surface area contributed by atoms with Crippen LogP contribution in [-0.2, 0) is 6.42 Å². The van der Waals surface area contributed by atoms with Gasteiger partial charge in [0.05, 0.1) is 12.6 Å². The summed E-state index contributed by atoms with van der Waals surface area (Å²) in [6, 6.07) is 9.49. The largest absolute Gasteiger partial charge is 0.394 e. The SMILES string of the molecule is CCN(CC)C(=O)N[C@@H](CO)Cc1ccccc1. The fourth-order valence-corrected chi connectivity index (χ4v) is 1.84. The van der Waals surface area contributed by atoms with Crippen LogP contribution in [0.2, 0.25) is 0 Å². The summed E-state index contributed by atoms with van der Waals surface area (Å²) < 4.78 is 0. The average Bonchev–Trinajstić information content (AvgIpc) is 2.40. The Hall–Kier alpha value is -1.55. The van der Waals surface area contributed by atoms with E-state index in [1.54, 1.807) is 4.90 Å². The monoisotopic (exact) mass is 250 g/mol. The lowest BCUT2D eigenvalue weighted by Gasteiger charge is -2.23. The summed E-state index contributed by atoms with van der Waals surface area (Å²) in [5.74, 6) is 0. The number of nitrogens with one attached hydrogen (secondary N) is 1. The molecular formula is C14H22N2O2. The van der Waals surface area contributed by atoms with Gasteiger partial charge in [0, 0.05) is 13.1 Å². The first kappa shape index (κ1) is 14.5. The number of nitrogens with zero attached hydrogens (tertiary/aromatic N) is 1. The summed E-state index contributed by atoms with van der Waals surface area (Å²) in [4.78, 5) is 13.6. The van der Waals surface area contributed by atoms with Crippen LogP contribution >= 0.6 is 0 Å². The van der Waals surface area contributed by atoms with E-state index >= 15 is 0 Å². The minimum Gasteiger partial charge on any atom is -0.394 e. The lowest BCUT2D eigenvalue weighted by Crippen LogP contribution is -2.46. The number of amides is 2. The van der Waals surface area contributed by atoms with Gasteiger partial charge in [-0.25, -0.2) is 4.79 Å². The molecule has 0 saturated carbocycles. The van der Waals surface area contributed by atoms with Crippen molar-refractivity contribution < 1.29 is 9.90 Å². The second-order valence-corrected chi connectivity index (χ2v) is 4.19. The van der Waals surface area contributed by atoms with Crippen LogP contribution in [0.4, 0.5) is 4.79 Å². The molecule has 0 saturated heterocycles. The van der Waals surface area contributed by atoms with Crippen LogP contribution in [0.25, 0.3) is 0 Å². The first-order valence-electron chi connectivity index (χ1n) is 6.41. The maximum atomic E-state index is 11.9. The van der Waals surface area contributed by atoms with E-state index in [1.165, 1.54) is 0 Å². The average molecular weight is 250 g/mol. The molecule has 0 unspecified atom stereocenters. The molecule has 1 rings (SSSR count). The van der Waals surface area contributed by atoms with E-state index in [0.29, 0.717) is 19.5 Å². The van der Waals surface area contributed by atoms with Gasteiger partial charge in [-0.05, 0) is 25.8 Å². The summed E-state index contributed by atoms with van der Waals surface area (Å²) >= 11 is 0. The topological polar surface area (TPSA) is 52.6 Å². The van der Waals surface area contributed by atoms with Crippen molar-refractivity contribution in [2.45, 2.75) is 26.3 Å². The Bertz CT molecular complexity index is 350. The molecule has 0 aromatic heterocycles. The lowest BCUT2D eigenvalue weighted by atomic mass is 10.1. The van der Waals surface area contributed by atoms with E-state index in [1.807, 2.05) is 44.2 Å². The second-order valence-electron chi connectivity index (χ2n) is 4.19. The van der Waals surface area contributed by atoms with Gasteiger partial charge in [0.15, 0.2) is 0 Å². The van der Waals surface area contributed by atoms with Crippen LogP contribution < -0.4 is 5.32 Å². The zero-order chi connectivity index (χ0) is 13.4. The number of carbonyl (C=O) groups is 1. The maximum absolute atomic E-state index is 11.9. The van der Waals surface area contributed by atoms with Crippen molar-refractivity contribution >= 4 is 6.03 Å². The van der Waals surface area contributed by atoms with Gasteiger partial charge in [0.2, 0.25) is 0 Å².